The zero-order valence-corrected chi connectivity index (χ0v) is 18.2. The number of nitrogens with zero attached hydrogens (tertiary/aromatic N) is 3. The molecule has 31 heavy (non-hydrogen) atoms. The Morgan fingerprint density at radius 2 is 2.00 bits per heavy atom. The van der Waals surface area contributed by atoms with Crippen LogP contribution in [0.4, 0.5) is 0 Å². The summed E-state index contributed by atoms with van der Waals surface area (Å²) < 4.78 is 12.6. The molecule has 1 aliphatic rings. The quantitative estimate of drug-likeness (QED) is 0.574. The van der Waals surface area contributed by atoms with Crippen molar-refractivity contribution in [1.82, 2.24) is 9.55 Å². The van der Waals surface area contributed by atoms with Gasteiger partial charge >= 0.3 is 5.97 Å². The first-order valence-electron chi connectivity index (χ1n) is 9.78. The largest absolute Gasteiger partial charge is 0.497 e. The second-order valence-corrected chi connectivity index (χ2v) is 7.84. The van der Waals surface area contributed by atoms with E-state index in [9.17, 15) is 9.59 Å². The van der Waals surface area contributed by atoms with E-state index in [1.54, 1.807) is 49.9 Å². The van der Waals surface area contributed by atoms with E-state index in [0.717, 1.165) is 5.56 Å². The molecule has 0 spiro atoms. The van der Waals surface area contributed by atoms with Crippen molar-refractivity contribution in [3.63, 3.8) is 0 Å². The van der Waals surface area contributed by atoms with Crippen LogP contribution in [0.25, 0.3) is 6.08 Å². The molecule has 7 nitrogen and oxygen atoms in total. The summed E-state index contributed by atoms with van der Waals surface area (Å²) >= 11 is 1.27. The lowest BCUT2D eigenvalue weighted by Crippen LogP contribution is -2.39. The van der Waals surface area contributed by atoms with Gasteiger partial charge in [-0.1, -0.05) is 29.5 Å². The smallest absolute Gasteiger partial charge is 0.338 e. The van der Waals surface area contributed by atoms with E-state index in [0.29, 0.717) is 32.0 Å². The molecule has 0 amide bonds. The summed E-state index contributed by atoms with van der Waals surface area (Å²) in [6, 6.07) is 12.2. The lowest BCUT2D eigenvalue weighted by atomic mass is 9.96. The summed E-state index contributed by atoms with van der Waals surface area (Å²) in [5.41, 5.74) is 2.09. The summed E-state index contributed by atoms with van der Waals surface area (Å²) in [5.74, 6) is 0.202. The third kappa shape index (κ3) is 3.94. The molecule has 3 heterocycles. The molecular weight excluding hydrogens is 414 g/mol. The van der Waals surface area contributed by atoms with Crippen LogP contribution in [-0.2, 0) is 9.53 Å². The van der Waals surface area contributed by atoms with Gasteiger partial charge in [0.05, 0.1) is 41.3 Å². The average molecular weight is 436 g/mol. The van der Waals surface area contributed by atoms with Crippen LogP contribution in [0.15, 0.2) is 69.7 Å². The zero-order chi connectivity index (χ0) is 22.0. The number of carbonyl (C=O) groups is 1. The van der Waals surface area contributed by atoms with Gasteiger partial charge in [0.25, 0.3) is 5.56 Å². The summed E-state index contributed by atoms with van der Waals surface area (Å²) in [4.78, 5) is 35.6. The molecule has 0 saturated heterocycles. The second-order valence-electron chi connectivity index (χ2n) is 6.83. The average Bonchev–Trinajstić information content (AvgIpc) is 3.08. The molecule has 0 bridgehead atoms. The fourth-order valence-corrected chi connectivity index (χ4v) is 4.52. The molecule has 1 unspecified atom stereocenters. The number of benzene rings is 1. The molecule has 0 radical (unpaired) electrons. The summed E-state index contributed by atoms with van der Waals surface area (Å²) in [6.07, 6.45) is 3.41. The van der Waals surface area contributed by atoms with Gasteiger partial charge in [0.15, 0.2) is 4.80 Å². The molecule has 1 aromatic carbocycles. The maximum atomic E-state index is 13.4. The molecule has 2 aromatic heterocycles. The fraction of sp³-hybridized carbons (Fsp3) is 0.217. The topological polar surface area (TPSA) is 82.8 Å². The number of thiazole rings is 1. The number of hydrogen-bond acceptors (Lipinski definition) is 7. The number of hydrogen-bond donors (Lipinski definition) is 0. The predicted octanol–water partition coefficient (Wildman–Crippen LogP) is 2.20. The molecule has 8 heteroatoms. The van der Waals surface area contributed by atoms with E-state index in [2.05, 4.69) is 9.98 Å². The number of esters is 1. The Balaban J connectivity index is 1.95. The van der Waals surface area contributed by atoms with Crippen LogP contribution in [0.5, 0.6) is 5.75 Å². The maximum Gasteiger partial charge on any atom is 0.338 e. The first kappa shape index (κ1) is 20.7. The number of carbonyl (C=O) groups excluding carboxylic acids is 1. The Labute approximate surface area is 182 Å². The molecule has 4 rings (SSSR count). The molecule has 0 aliphatic carbocycles. The Kier molecular flexibility index (Phi) is 5.81. The lowest BCUT2D eigenvalue weighted by molar-refractivity contribution is -0.139. The van der Waals surface area contributed by atoms with Crippen LogP contribution in [0.3, 0.4) is 0 Å². The summed E-state index contributed by atoms with van der Waals surface area (Å²) in [7, 11) is 1.59. The van der Waals surface area contributed by atoms with Gasteiger partial charge in [-0.15, -0.1) is 0 Å². The van der Waals surface area contributed by atoms with Gasteiger partial charge in [0.2, 0.25) is 0 Å². The van der Waals surface area contributed by atoms with Crippen molar-refractivity contribution in [1.29, 1.82) is 0 Å². The van der Waals surface area contributed by atoms with Gasteiger partial charge in [0, 0.05) is 6.20 Å². The third-order valence-corrected chi connectivity index (χ3v) is 5.90. The molecular formula is C23H21N3O4S. The molecule has 0 N–H and O–H groups in total. The monoisotopic (exact) mass is 435 g/mol. The van der Waals surface area contributed by atoms with Crippen LogP contribution in [0.2, 0.25) is 0 Å². The van der Waals surface area contributed by atoms with Gasteiger partial charge in [-0.25, -0.2) is 9.79 Å². The highest BCUT2D eigenvalue weighted by Crippen LogP contribution is 2.31. The van der Waals surface area contributed by atoms with Crippen LogP contribution in [-0.4, -0.2) is 29.2 Å². The summed E-state index contributed by atoms with van der Waals surface area (Å²) in [6.45, 7) is 3.74. The van der Waals surface area contributed by atoms with Gasteiger partial charge < -0.3 is 9.47 Å². The molecule has 3 aromatic rings. The van der Waals surface area contributed by atoms with Crippen molar-refractivity contribution in [3.05, 3.63) is 90.9 Å². The number of aromatic nitrogens is 2. The van der Waals surface area contributed by atoms with Crippen LogP contribution in [0.1, 0.15) is 31.1 Å². The van der Waals surface area contributed by atoms with E-state index in [1.165, 1.54) is 11.3 Å². The van der Waals surface area contributed by atoms with Gasteiger partial charge in [-0.2, -0.15) is 0 Å². The van der Waals surface area contributed by atoms with E-state index >= 15 is 0 Å². The zero-order valence-electron chi connectivity index (χ0n) is 17.4. The maximum absolute atomic E-state index is 13.4. The number of allylic oxidation sites excluding steroid dienone is 1. The van der Waals surface area contributed by atoms with E-state index < -0.39 is 12.0 Å². The van der Waals surface area contributed by atoms with Crippen molar-refractivity contribution < 1.29 is 14.3 Å². The minimum Gasteiger partial charge on any atom is -0.497 e. The normalized spacial score (nSPS) is 16.0. The van der Waals surface area contributed by atoms with Gasteiger partial charge in [0.1, 0.15) is 5.75 Å². The lowest BCUT2D eigenvalue weighted by Gasteiger charge is -2.24. The van der Waals surface area contributed by atoms with E-state index in [1.807, 2.05) is 30.3 Å². The molecule has 1 atom stereocenters. The third-order valence-electron chi connectivity index (χ3n) is 4.92. The second kappa shape index (κ2) is 8.69. The van der Waals surface area contributed by atoms with Crippen molar-refractivity contribution in [2.24, 2.45) is 4.99 Å². The highest BCUT2D eigenvalue weighted by atomic mass is 32.1. The van der Waals surface area contributed by atoms with Gasteiger partial charge in [-0.3, -0.25) is 14.3 Å². The van der Waals surface area contributed by atoms with E-state index in [-0.39, 0.29) is 12.2 Å². The van der Waals surface area contributed by atoms with Crippen molar-refractivity contribution in [2.75, 3.05) is 13.7 Å². The number of rotatable bonds is 5. The number of methoxy groups -OCH3 is 1. The highest BCUT2D eigenvalue weighted by Gasteiger charge is 2.33. The summed E-state index contributed by atoms with van der Waals surface area (Å²) in [5, 5.41) is 0. The van der Waals surface area contributed by atoms with Crippen molar-refractivity contribution >= 4 is 23.4 Å². The van der Waals surface area contributed by atoms with Crippen molar-refractivity contribution in [3.8, 4) is 5.75 Å². The standard InChI is InChI=1S/C23H21N3O4S/c1-4-30-22(28)19-14(2)25-23-26(20(19)15-8-10-17(29-3)11-9-15)21(27)18(31-23)13-16-7-5-6-12-24-16/h5-13,20H,4H2,1-3H3/b18-13-. The predicted molar refractivity (Wildman–Crippen MR) is 118 cm³/mol. The number of fused-ring (bicyclic) bond motifs is 1. The molecule has 158 valence electrons. The fourth-order valence-electron chi connectivity index (χ4n) is 3.49. The Morgan fingerprint density at radius 1 is 1.23 bits per heavy atom. The number of pyridine rings is 1. The SMILES string of the molecule is CCOC(=O)C1=C(C)N=c2s/c(=C\c3ccccn3)c(=O)n2C1c1ccc(OC)cc1. The minimum atomic E-state index is -0.646. The molecule has 0 fully saturated rings. The van der Waals surface area contributed by atoms with E-state index in [4.69, 9.17) is 9.47 Å². The Morgan fingerprint density at radius 3 is 2.65 bits per heavy atom. The highest BCUT2D eigenvalue weighted by molar-refractivity contribution is 7.07. The Hall–Kier alpha value is -3.52. The first-order chi connectivity index (χ1) is 15.0. The minimum absolute atomic E-state index is 0.231. The van der Waals surface area contributed by atoms with Crippen molar-refractivity contribution in [2.45, 2.75) is 19.9 Å². The first-order valence-corrected chi connectivity index (χ1v) is 10.6. The Bertz CT molecular complexity index is 1320. The van der Waals surface area contributed by atoms with Crippen LogP contribution >= 0.6 is 11.3 Å². The number of ether oxygens (including phenoxy) is 2. The van der Waals surface area contributed by atoms with Crippen LogP contribution < -0.4 is 19.6 Å². The van der Waals surface area contributed by atoms with Gasteiger partial charge in [-0.05, 0) is 49.8 Å². The van der Waals surface area contributed by atoms with Crippen LogP contribution in [0, 0.1) is 0 Å². The molecule has 1 aliphatic heterocycles. The molecule has 0 saturated carbocycles.